The van der Waals surface area contributed by atoms with Crippen LogP contribution in [0.4, 0.5) is 17.2 Å². The lowest BCUT2D eigenvalue weighted by atomic mass is 9.91. The van der Waals surface area contributed by atoms with Gasteiger partial charge in [0.2, 0.25) is 5.91 Å². The molecule has 3 fully saturated rings. The van der Waals surface area contributed by atoms with E-state index in [0.717, 1.165) is 31.6 Å². The highest BCUT2D eigenvalue weighted by atomic mass is 16.2. The number of amides is 2. The third kappa shape index (κ3) is 3.35. The summed E-state index contributed by atoms with van der Waals surface area (Å²) in [6.45, 7) is 1.57. The van der Waals surface area contributed by atoms with E-state index < -0.39 is 18.0 Å². The van der Waals surface area contributed by atoms with Gasteiger partial charge in [-0.15, -0.1) is 0 Å². The lowest BCUT2D eigenvalue weighted by Crippen LogP contribution is -2.46. The molecule has 0 radical (unpaired) electrons. The van der Waals surface area contributed by atoms with Crippen molar-refractivity contribution in [2.75, 3.05) is 27.9 Å². The Balaban J connectivity index is 1.43. The lowest BCUT2D eigenvalue weighted by Gasteiger charge is -2.28. The molecular weight excluding hydrogens is 480 g/mol. The van der Waals surface area contributed by atoms with Gasteiger partial charge in [-0.25, -0.2) is 15.3 Å². The van der Waals surface area contributed by atoms with Gasteiger partial charge in [-0.05, 0) is 49.2 Å². The maximum absolute atomic E-state index is 14.1. The Hall–Kier alpha value is -4.50. The number of nitrogens with zero attached hydrogens (tertiary/aromatic N) is 5. The molecule has 9 nitrogen and oxygen atoms in total. The van der Waals surface area contributed by atoms with Crippen molar-refractivity contribution in [3.8, 4) is 0 Å². The van der Waals surface area contributed by atoms with Gasteiger partial charge >= 0.3 is 0 Å². The molecule has 3 aliphatic heterocycles. The van der Waals surface area contributed by atoms with Gasteiger partial charge in [0, 0.05) is 19.3 Å². The van der Waals surface area contributed by atoms with Gasteiger partial charge in [0.25, 0.3) is 11.5 Å². The van der Waals surface area contributed by atoms with Crippen LogP contribution >= 0.6 is 0 Å². The van der Waals surface area contributed by atoms with Crippen LogP contribution in [0.15, 0.2) is 89.9 Å². The molecule has 2 aromatic heterocycles. The van der Waals surface area contributed by atoms with Crippen LogP contribution in [0, 0.1) is 5.92 Å². The first-order chi connectivity index (χ1) is 18.6. The predicted octanol–water partition coefficient (Wildman–Crippen LogP) is 2.92. The molecule has 2 aromatic carbocycles. The number of aromatic nitrogens is 2. The monoisotopic (exact) mass is 506 g/mol. The van der Waals surface area contributed by atoms with Gasteiger partial charge in [-0.3, -0.25) is 23.8 Å². The third-order valence-electron chi connectivity index (χ3n) is 7.75. The highest BCUT2D eigenvalue weighted by Gasteiger charge is 2.60. The largest absolute Gasteiger partial charge is 0.356 e. The molecule has 7 rings (SSSR count). The van der Waals surface area contributed by atoms with E-state index in [-0.39, 0.29) is 17.4 Å². The number of rotatable bonds is 4. The number of hydrogen-bond acceptors (Lipinski definition) is 7. The molecule has 2 amide bonds. The van der Waals surface area contributed by atoms with E-state index in [0.29, 0.717) is 22.7 Å². The first kappa shape index (κ1) is 22.7. The zero-order valence-corrected chi connectivity index (χ0v) is 20.6. The van der Waals surface area contributed by atoms with Crippen LogP contribution in [-0.4, -0.2) is 40.3 Å². The number of imide groups is 1. The van der Waals surface area contributed by atoms with E-state index in [2.05, 4.69) is 10.3 Å². The van der Waals surface area contributed by atoms with Gasteiger partial charge in [0.15, 0.2) is 0 Å². The van der Waals surface area contributed by atoms with E-state index in [1.165, 1.54) is 9.30 Å². The van der Waals surface area contributed by atoms with Crippen molar-refractivity contribution in [1.82, 2.24) is 14.8 Å². The second kappa shape index (κ2) is 8.81. The number of fused-ring (bicyclic) bond motifs is 2. The van der Waals surface area contributed by atoms with Crippen molar-refractivity contribution in [2.45, 2.75) is 24.9 Å². The summed E-state index contributed by atoms with van der Waals surface area (Å²) < 4.78 is 1.52. The second-order valence-electron chi connectivity index (χ2n) is 9.91. The van der Waals surface area contributed by atoms with Crippen molar-refractivity contribution in [2.24, 2.45) is 5.92 Å². The molecule has 9 heteroatoms. The highest BCUT2D eigenvalue weighted by Crippen LogP contribution is 2.44. The summed E-state index contributed by atoms with van der Waals surface area (Å²) in [5, 5.41) is 1.76. The third-order valence-corrected chi connectivity index (χ3v) is 7.75. The molecule has 0 bridgehead atoms. The first-order valence-corrected chi connectivity index (χ1v) is 12.9. The summed E-state index contributed by atoms with van der Waals surface area (Å²) in [5.41, 5.74) is 5.42. The highest BCUT2D eigenvalue weighted by molar-refractivity contribution is 6.25. The Morgan fingerprint density at radius 2 is 1.42 bits per heavy atom. The van der Waals surface area contributed by atoms with Gasteiger partial charge in [-0.1, -0.05) is 42.5 Å². The molecule has 3 atom stereocenters. The molecule has 4 aromatic rings. The summed E-state index contributed by atoms with van der Waals surface area (Å²) in [6.07, 6.45) is 3.71. The van der Waals surface area contributed by atoms with Crippen LogP contribution in [0.5, 0.6) is 0 Å². The van der Waals surface area contributed by atoms with Gasteiger partial charge in [0.05, 0.1) is 28.9 Å². The predicted molar refractivity (Wildman–Crippen MR) is 144 cm³/mol. The molecule has 0 saturated carbocycles. The lowest BCUT2D eigenvalue weighted by molar-refractivity contribution is -0.122. The Kier molecular flexibility index (Phi) is 5.26. The maximum atomic E-state index is 14.1. The van der Waals surface area contributed by atoms with Gasteiger partial charge < -0.3 is 4.90 Å². The zero-order chi connectivity index (χ0) is 25.8. The molecule has 0 aliphatic carbocycles. The SMILES string of the molecule is O=C1[C@H]2[C@@H](C(=O)N1c1ccccc1)N(c1ccccc1)N[C@H]2c1c(N2CCCC2)nc2ccccn2c1=O. The molecule has 0 unspecified atom stereocenters. The standard InChI is InChI=1S/C29H26N6O3/c36-27-23(26(32-16-9-10-17-32)30-21-15-7-8-18-33(21)27)24-22-25(35(31-24)20-13-5-2-6-14-20)29(38)34(28(22)37)19-11-3-1-4-12-19/h1-8,11-15,18,22,24-25,31H,9-10,16-17H2/t22-,24-,25+/m1/s1. The zero-order valence-electron chi connectivity index (χ0n) is 20.6. The Bertz CT molecular complexity index is 1600. The fraction of sp³-hybridized carbons (Fsp3) is 0.241. The molecule has 38 heavy (non-hydrogen) atoms. The number of anilines is 3. The fourth-order valence-corrected chi connectivity index (χ4v) is 6.02. The number of hydrazine groups is 1. The number of carbonyl (C=O) groups excluding carboxylic acids is 2. The van der Waals surface area contributed by atoms with Crippen molar-refractivity contribution >= 4 is 34.7 Å². The summed E-state index contributed by atoms with van der Waals surface area (Å²) in [7, 11) is 0. The molecule has 3 saturated heterocycles. The number of benzene rings is 2. The minimum Gasteiger partial charge on any atom is -0.356 e. The molecule has 5 heterocycles. The summed E-state index contributed by atoms with van der Waals surface area (Å²) >= 11 is 0. The van der Waals surface area contributed by atoms with Crippen LogP contribution in [0.2, 0.25) is 0 Å². The minimum absolute atomic E-state index is 0.234. The van der Waals surface area contributed by atoms with Crippen LogP contribution in [0.1, 0.15) is 24.4 Å². The van der Waals surface area contributed by atoms with E-state index in [4.69, 9.17) is 4.98 Å². The van der Waals surface area contributed by atoms with Crippen molar-refractivity contribution in [3.05, 3.63) is 101 Å². The molecule has 3 aliphatic rings. The average Bonchev–Trinajstić information content (AvgIpc) is 3.68. The fourth-order valence-electron chi connectivity index (χ4n) is 6.02. The maximum Gasteiger partial charge on any atom is 0.264 e. The average molecular weight is 507 g/mol. The quantitative estimate of drug-likeness (QED) is 0.426. The molecule has 0 spiro atoms. The molecule has 1 N–H and O–H groups in total. The second-order valence-corrected chi connectivity index (χ2v) is 9.91. The summed E-state index contributed by atoms with van der Waals surface area (Å²) in [5.74, 6) is -0.863. The van der Waals surface area contributed by atoms with Gasteiger partial charge in [0.1, 0.15) is 17.5 Å². The Morgan fingerprint density at radius 3 is 2.13 bits per heavy atom. The smallest absolute Gasteiger partial charge is 0.264 e. The number of carbonyl (C=O) groups is 2. The minimum atomic E-state index is -0.808. The summed E-state index contributed by atoms with van der Waals surface area (Å²) in [4.78, 5) is 50.4. The van der Waals surface area contributed by atoms with Crippen LogP contribution in [0.3, 0.4) is 0 Å². The van der Waals surface area contributed by atoms with Crippen molar-refractivity contribution in [3.63, 3.8) is 0 Å². The van der Waals surface area contributed by atoms with Crippen LogP contribution in [0.25, 0.3) is 5.65 Å². The van der Waals surface area contributed by atoms with E-state index in [1.54, 1.807) is 41.5 Å². The van der Waals surface area contributed by atoms with Crippen molar-refractivity contribution < 1.29 is 9.59 Å². The van der Waals surface area contributed by atoms with Crippen molar-refractivity contribution in [1.29, 1.82) is 0 Å². The molecular formula is C29H26N6O3. The van der Waals surface area contributed by atoms with Crippen LogP contribution < -0.4 is 25.8 Å². The number of pyridine rings is 1. The number of nitrogens with one attached hydrogen (secondary N) is 1. The first-order valence-electron chi connectivity index (χ1n) is 12.9. The van der Waals surface area contributed by atoms with Gasteiger partial charge in [-0.2, -0.15) is 0 Å². The normalized spacial score (nSPS) is 23.1. The topological polar surface area (TPSA) is 90.3 Å². The molecule has 190 valence electrons. The number of hydrogen-bond donors (Lipinski definition) is 1. The Morgan fingerprint density at radius 1 is 0.763 bits per heavy atom. The summed E-state index contributed by atoms with van der Waals surface area (Å²) in [6, 6.07) is 22.3. The van der Waals surface area contributed by atoms with E-state index >= 15 is 0 Å². The Labute approximate surface area is 218 Å². The number of para-hydroxylation sites is 2. The van der Waals surface area contributed by atoms with E-state index in [9.17, 15) is 14.4 Å². The van der Waals surface area contributed by atoms with E-state index in [1.807, 2.05) is 48.5 Å². The van der Waals surface area contributed by atoms with Crippen LogP contribution in [-0.2, 0) is 9.59 Å².